The second kappa shape index (κ2) is 12.1. The van der Waals surface area contributed by atoms with Crippen molar-refractivity contribution >= 4 is 40.7 Å². The lowest BCUT2D eigenvalue weighted by molar-refractivity contribution is -0.438. The number of ketones is 1. The molecule has 1 aromatic carbocycles. The van der Waals surface area contributed by atoms with Gasteiger partial charge in [0.05, 0.1) is 28.7 Å². The summed E-state index contributed by atoms with van der Waals surface area (Å²) in [5.41, 5.74) is 3.46. The first-order valence-electron chi connectivity index (χ1n) is 15.0. The molecule has 1 aromatic heterocycles. The van der Waals surface area contributed by atoms with Gasteiger partial charge in [-0.1, -0.05) is 36.4 Å². The van der Waals surface area contributed by atoms with Crippen LogP contribution in [0.5, 0.6) is 0 Å². The highest BCUT2D eigenvalue weighted by atomic mass is 32.1. The fourth-order valence-corrected chi connectivity index (χ4v) is 7.13. The Labute approximate surface area is 262 Å². The first kappa shape index (κ1) is 31.4. The monoisotopic (exact) mass is 618 g/mol. The molecule has 232 valence electrons. The van der Waals surface area contributed by atoms with Crippen molar-refractivity contribution in [3.63, 3.8) is 0 Å². The number of allylic oxidation sites excluding steroid dienone is 5. The molecule has 3 aliphatic carbocycles. The molecule has 1 heterocycles. The number of nitrogens with one attached hydrogen (secondary N) is 2. The van der Waals surface area contributed by atoms with Crippen molar-refractivity contribution in [3.8, 4) is 0 Å². The minimum absolute atomic E-state index is 0.0184. The SMILES string of the molecule is CC1=C(C)C2CC(C)(C(=O)OCCC[N+](=C(S)/C=C3/C(=O)C(c4c(C)[nH][nH]c4=O)=C3O)c3ccccc3)CCC2C(C)=C1O. The highest BCUT2D eigenvalue weighted by molar-refractivity contribution is 7.97. The summed E-state index contributed by atoms with van der Waals surface area (Å²) in [7, 11) is 0. The number of hydrogen-bond acceptors (Lipinski definition) is 6. The molecule has 5 rings (SSSR count). The molecule has 10 heteroatoms. The topological polar surface area (TPSA) is 135 Å². The largest absolute Gasteiger partial charge is 0.508 e. The van der Waals surface area contributed by atoms with Crippen molar-refractivity contribution in [1.82, 2.24) is 10.2 Å². The lowest BCUT2D eigenvalue weighted by atomic mass is 9.60. The molecule has 1 saturated carbocycles. The van der Waals surface area contributed by atoms with Gasteiger partial charge in [0.15, 0.2) is 6.54 Å². The van der Waals surface area contributed by atoms with Gasteiger partial charge >= 0.3 is 5.97 Å². The number of hydrogen-bond donors (Lipinski definition) is 5. The molecular weight excluding hydrogens is 578 g/mol. The smallest absolute Gasteiger partial charge is 0.311 e. The molecule has 0 amide bonds. The molecule has 0 aliphatic heterocycles. The summed E-state index contributed by atoms with van der Waals surface area (Å²) >= 11 is 4.67. The van der Waals surface area contributed by atoms with Crippen molar-refractivity contribution in [3.05, 3.63) is 91.8 Å². The summed E-state index contributed by atoms with van der Waals surface area (Å²) in [6.07, 6.45) is 4.20. The number of aromatic amines is 2. The van der Waals surface area contributed by atoms with Crippen molar-refractivity contribution in [1.29, 1.82) is 0 Å². The molecule has 0 saturated heterocycles. The fraction of sp³-hybridized carbons (Fsp3) is 0.412. The number of aliphatic hydroxyl groups excluding tert-OH is 2. The van der Waals surface area contributed by atoms with E-state index in [0.717, 1.165) is 28.8 Å². The summed E-state index contributed by atoms with van der Waals surface area (Å²) in [4.78, 5) is 38.5. The number of aliphatic hydroxyl groups is 2. The van der Waals surface area contributed by atoms with Crippen LogP contribution in [0.1, 0.15) is 64.6 Å². The first-order chi connectivity index (χ1) is 20.9. The number of benzene rings is 1. The third-order valence-corrected chi connectivity index (χ3v) is 10.0. The Morgan fingerprint density at radius 1 is 1.07 bits per heavy atom. The molecule has 0 radical (unpaired) electrons. The highest BCUT2D eigenvalue weighted by Gasteiger charge is 2.46. The van der Waals surface area contributed by atoms with Crippen molar-refractivity contribution < 1.29 is 29.1 Å². The number of esters is 1. The predicted molar refractivity (Wildman–Crippen MR) is 172 cm³/mol. The third-order valence-electron chi connectivity index (χ3n) is 9.64. The van der Waals surface area contributed by atoms with Gasteiger partial charge in [-0.05, 0) is 76.9 Å². The summed E-state index contributed by atoms with van der Waals surface area (Å²) < 4.78 is 7.72. The molecule has 4 N–H and O–H groups in total. The number of rotatable bonds is 8. The second-order valence-electron chi connectivity index (χ2n) is 12.4. The number of carbonyl (C=O) groups excluding carboxylic acids is 2. The zero-order chi connectivity index (χ0) is 31.9. The van der Waals surface area contributed by atoms with E-state index in [0.29, 0.717) is 42.3 Å². The normalized spacial score (nSPS) is 25.2. The summed E-state index contributed by atoms with van der Waals surface area (Å²) in [5, 5.41) is 26.7. The number of carbonyl (C=O) groups is 2. The molecule has 0 bridgehead atoms. The molecule has 0 spiro atoms. The van der Waals surface area contributed by atoms with Crippen LogP contribution in [0.2, 0.25) is 0 Å². The number of ether oxygens (including phenoxy) is 1. The Morgan fingerprint density at radius 3 is 2.41 bits per heavy atom. The van der Waals surface area contributed by atoms with Crippen LogP contribution in [-0.4, -0.2) is 54.9 Å². The Balaban J connectivity index is 1.28. The van der Waals surface area contributed by atoms with Gasteiger partial charge < -0.3 is 20.0 Å². The van der Waals surface area contributed by atoms with Gasteiger partial charge in [0.25, 0.3) is 5.56 Å². The average Bonchev–Trinajstić information content (AvgIpc) is 3.34. The van der Waals surface area contributed by atoms with Crippen LogP contribution in [0.25, 0.3) is 5.57 Å². The zero-order valence-corrected chi connectivity index (χ0v) is 26.7. The first-order valence-corrected chi connectivity index (χ1v) is 15.4. The van der Waals surface area contributed by atoms with Gasteiger partial charge in [0, 0.05) is 30.3 Å². The maximum atomic E-state index is 13.4. The summed E-state index contributed by atoms with van der Waals surface area (Å²) in [6, 6.07) is 9.48. The van der Waals surface area contributed by atoms with E-state index in [2.05, 4.69) is 29.7 Å². The maximum absolute atomic E-state index is 13.4. The Hall–Kier alpha value is -4.05. The number of thiol groups is 1. The Kier molecular flexibility index (Phi) is 8.66. The minimum Gasteiger partial charge on any atom is -0.508 e. The van der Waals surface area contributed by atoms with Crippen LogP contribution in [0.4, 0.5) is 5.69 Å². The van der Waals surface area contributed by atoms with E-state index in [9.17, 15) is 24.6 Å². The van der Waals surface area contributed by atoms with Crippen LogP contribution < -0.4 is 5.56 Å². The fourth-order valence-electron chi connectivity index (χ4n) is 6.79. The van der Waals surface area contributed by atoms with Gasteiger partial charge in [0.1, 0.15) is 11.5 Å². The van der Waals surface area contributed by atoms with Gasteiger partial charge in [-0.25, -0.2) is 0 Å². The lowest BCUT2D eigenvalue weighted by Gasteiger charge is -2.44. The van der Waals surface area contributed by atoms with E-state index in [4.69, 9.17) is 4.74 Å². The van der Waals surface area contributed by atoms with E-state index >= 15 is 0 Å². The number of aromatic nitrogens is 2. The van der Waals surface area contributed by atoms with E-state index in [-0.39, 0.29) is 46.9 Å². The molecule has 3 aliphatic rings. The molecular formula is C34H40N3O6S+. The van der Waals surface area contributed by atoms with E-state index in [1.165, 1.54) is 6.08 Å². The predicted octanol–water partition coefficient (Wildman–Crippen LogP) is 6.00. The number of aryl methyl sites for hydroxylation is 1. The van der Waals surface area contributed by atoms with Crippen molar-refractivity contribution in [2.24, 2.45) is 17.3 Å². The maximum Gasteiger partial charge on any atom is 0.311 e. The third kappa shape index (κ3) is 5.51. The van der Waals surface area contributed by atoms with Crippen LogP contribution in [0.3, 0.4) is 0 Å². The van der Waals surface area contributed by atoms with Gasteiger partial charge in [0.2, 0.25) is 16.5 Å². The minimum atomic E-state index is -0.605. The van der Waals surface area contributed by atoms with Gasteiger partial charge in [-0.15, -0.1) is 0 Å². The molecule has 44 heavy (non-hydrogen) atoms. The highest BCUT2D eigenvalue weighted by Crippen LogP contribution is 2.51. The van der Waals surface area contributed by atoms with Crippen molar-refractivity contribution in [2.45, 2.75) is 60.3 Å². The Bertz CT molecular complexity index is 1740. The number of H-pyrrole nitrogens is 2. The van der Waals surface area contributed by atoms with Crippen LogP contribution in [0, 0.1) is 24.2 Å². The van der Waals surface area contributed by atoms with Crippen molar-refractivity contribution in [2.75, 3.05) is 13.2 Å². The summed E-state index contributed by atoms with van der Waals surface area (Å²) in [6.45, 7) is 10.3. The molecule has 1 fully saturated rings. The Morgan fingerprint density at radius 2 is 1.77 bits per heavy atom. The van der Waals surface area contributed by atoms with Crippen LogP contribution in [0.15, 0.2) is 75.0 Å². The molecule has 9 nitrogen and oxygen atoms in total. The standard InChI is InChI=1S/C34H39N3O6S/c1-18-19(2)29(38)20(3)23-12-13-34(5,17-25(18)23)33(42)43-15-9-14-37(22-10-7-6-8-11-22)26(44)16-24-30(39)28(31(24)40)27-21(4)35-36-32(27)41/h6-8,10-11,16,23,25H,9,12-15,17H2,1-5H3,(H4,35,36,38,39,40,41,44)/p+1. The number of fused-ring (bicyclic) bond motifs is 1. The number of nitrogens with zero attached hydrogens (tertiary/aromatic N) is 1. The van der Waals surface area contributed by atoms with E-state index in [1.807, 2.05) is 55.7 Å². The molecule has 2 aromatic rings. The zero-order valence-electron chi connectivity index (χ0n) is 25.8. The number of para-hydroxylation sites is 1. The lowest BCUT2D eigenvalue weighted by Crippen LogP contribution is -2.41. The van der Waals surface area contributed by atoms with E-state index < -0.39 is 16.8 Å². The number of Topliss-reactive ketones (excluding diaryl/α,β-unsaturated/α-hetero) is 1. The van der Waals surface area contributed by atoms with E-state index in [1.54, 1.807) is 6.92 Å². The summed E-state index contributed by atoms with van der Waals surface area (Å²) in [5.74, 6) is -0.0460. The van der Waals surface area contributed by atoms with Crippen LogP contribution >= 0.6 is 12.6 Å². The van der Waals surface area contributed by atoms with Gasteiger partial charge in [-0.3, -0.25) is 19.5 Å². The average molecular weight is 619 g/mol. The molecule has 3 unspecified atom stereocenters. The second-order valence-corrected chi connectivity index (χ2v) is 12.8. The van der Waals surface area contributed by atoms with Gasteiger partial charge in [-0.2, -0.15) is 4.58 Å². The van der Waals surface area contributed by atoms with Crippen LogP contribution in [-0.2, 0) is 14.3 Å². The quantitative estimate of drug-likeness (QED) is 0.0469. The molecule has 3 atom stereocenters.